The first-order chi connectivity index (χ1) is 58.1. The van der Waals surface area contributed by atoms with Gasteiger partial charge < -0.3 is 30.9 Å². The molecule has 0 fully saturated rings. The Labute approximate surface area is 674 Å². The molecule has 3 aliphatic heterocycles. The Morgan fingerprint density at radius 2 is 0.598 bits per heavy atom. The molecular weight excluding hydrogens is 1480 g/mol. The fraction of sp³-hybridized carbons (Fsp3) is 0. The SMILES string of the molecule is c1ccc(N2c3oc4ccccc4c3B(c3ccc4oc5ccncc5c4c3)c3c2oc2ccccc32)cc1.c1ccc(N2c3oc4ccccc4c3B(c3nccc4c3sc3ccccc34)c3c2oc2ccccc32)cc1.c1ccc(N2c3oc4ccccc4c3B(c3ncnc4c3sc3ccccc34)c3c2oc2ccccc32)cc1. The summed E-state index contributed by atoms with van der Waals surface area (Å²) >= 11 is 3.55. The minimum Gasteiger partial charge on any atom is -0.456 e. The van der Waals surface area contributed by atoms with Crippen LogP contribution in [0, 0.1) is 0 Å². The van der Waals surface area contributed by atoms with Gasteiger partial charge in [0.05, 0.1) is 27.3 Å². The second-order valence-electron chi connectivity index (χ2n) is 29.6. The third-order valence-electron chi connectivity index (χ3n) is 23.4. The smallest absolute Gasteiger partial charge is 0.282 e. The van der Waals surface area contributed by atoms with Crippen molar-refractivity contribution in [3.05, 3.63) is 340 Å². The zero-order valence-corrected chi connectivity index (χ0v) is 63.5. The Bertz CT molecular complexity index is 7570. The van der Waals surface area contributed by atoms with Crippen LogP contribution >= 0.6 is 22.7 Å². The number of furan rings is 7. The lowest BCUT2D eigenvalue weighted by Gasteiger charge is -2.30. The van der Waals surface area contributed by atoms with Crippen LogP contribution in [0.2, 0.25) is 0 Å². The van der Waals surface area contributed by atoms with Crippen molar-refractivity contribution >= 4 is 273 Å². The van der Waals surface area contributed by atoms with Gasteiger partial charge in [-0.1, -0.05) is 218 Å². The number of hydrogen-bond donors (Lipinski definition) is 0. The average Bonchev–Trinajstić information content (AvgIpc) is 1.58. The van der Waals surface area contributed by atoms with E-state index < -0.39 is 0 Å². The van der Waals surface area contributed by atoms with Gasteiger partial charge in [0.25, 0.3) is 20.1 Å². The third kappa shape index (κ3) is 9.87. The molecule has 0 saturated heterocycles. The van der Waals surface area contributed by atoms with E-state index in [2.05, 4.69) is 202 Å². The molecule has 27 rings (SSSR count). The normalized spacial score (nSPS) is 13.0. The molecule has 12 aromatic heterocycles. The minimum atomic E-state index is -0.208. The molecule has 0 saturated carbocycles. The van der Waals surface area contributed by atoms with Crippen molar-refractivity contribution < 1.29 is 30.9 Å². The Morgan fingerprint density at radius 1 is 0.248 bits per heavy atom. The molecule has 14 nitrogen and oxygen atoms in total. The first-order valence-corrected chi connectivity index (χ1v) is 40.5. The van der Waals surface area contributed by atoms with Crippen LogP contribution in [0.4, 0.5) is 52.4 Å². The summed E-state index contributed by atoms with van der Waals surface area (Å²) in [4.78, 5) is 25.6. The quantitative estimate of drug-likeness (QED) is 0.145. The number of aromatic nitrogens is 4. The van der Waals surface area contributed by atoms with Crippen molar-refractivity contribution in [1.29, 1.82) is 0 Å². The summed E-state index contributed by atoms with van der Waals surface area (Å²) in [6.07, 6.45) is 7.29. The molecule has 0 radical (unpaired) electrons. The zero-order valence-electron chi connectivity index (χ0n) is 61.9. The summed E-state index contributed by atoms with van der Waals surface area (Å²) in [6, 6.07) is 108. The van der Waals surface area contributed by atoms with Crippen molar-refractivity contribution in [2.75, 3.05) is 14.7 Å². The highest BCUT2D eigenvalue weighted by atomic mass is 32.1. The molecular formula is C98H56B3N7O7S2. The van der Waals surface area contributed by atoms with Crippen molar-refractivity contribution in [1.82, 2.24) is 19.9 Å². The summed E-state index contributed by atoms with van der Waals surface area (Å²) in [6.45, 7) is -0.492. The maximum Gasteiger partial charge on any atom is 0.282 e. The molecule has 15 heterocycles. The molecule has 0 aliphatic carbocycles. The second-order valence-corrected chi connectivity index (χ2v) is 31.8. The van der Waals surface area contributed by atoms with Crippen LogP contribution in [0.5, 0.6) is 0 Å². The molecule has 0 spiro atoms. The summed E-state index contributed by atoms with van der Waals surface area (Å²) in [5.41, 5.74) is 20.5. The van der Waals surface area contributed by atoms with Crippen LogP contribution in [-0.4, -0.2) is 40.1 Å². The summed E-state index contributed by atoms with van der Waals surface area (Å²) in [5, 5.41) is 12.2. The number of rotatable bonds is 6. The van der Waals surface area contributed by atoms with Gasteiger partial charge in [-0.2, -0.15) is 0 Å². The Hall–Kier alpha value is -14.9. The molecule has 0 atom stereocenters. The number of anilines is 9. The van der Waals surface area contributed by atoms with Gasteiger partial charge in [0, 0.05) is 136 Å². The summed E-state index contributed by atoms with van der Waals surface area (Å²) < 4.78 is 50.8. The molecule has 0 bridgehead atoms. The number of hydrogen-bond acceptors (Lipinski definition) is 16. The topological polar surface area (TPSA) is 153 Å². The maximum atomic E-state index is 6.67. The standard InChI is InChI=1S/C33H19BN2O3.C33H19BN2O2S.C32H18BN3O2S/c1-2-8-21(9-3-1)36-32-30(22-10-4-6-12-26(22)38-32)34(31-23-11-5-7-13-27(23)39-33(31)36)20-14-15-28-24(18-20)25-19-35-17-16-29(25)37-28;1-2-10-20(11-3-1)36-32-28(23-13-4-7-15-25(23)37-32)34(29-24-14-5-8-16-26(24)38-33(29)36)31-30-22(18-19-35-31)21-12-6-9-17-27(21)39-30;1-2-10-19(11-3-1)36-31-26(20-12-4-7-15-23(20)37-31)33(27-21-13-5-8-16-24(21)38-32(27)36)30-29-28(34-18-35-30)22-14-6-9-17-25(22)39-29/h2*1-19H;1-18H. The fourth-order valence-corrected chi connectivity index (χ4v) is 20.8. The van der Waals surface area contributed by atoms with Gasteiger partial charge in [-0.15, -0.1) is 22.7 Å². The van der Waals surface area contributed by atoms with E-state index in [9.17, 15) is 0 Å². The van der Waals surface area contributed by atoms with Crippen molar-refractivity contribution in [2.45, 2.75) is 0 Å². The predicted octanol–water partition coefficient (Wildman–Crippen LogP) is 20.7. The minimum absolute atomic E-state index is 0.117. The summed E-state index contributed by atoms with van der Waals surface area (Å²) in [7, 11) is 0. The van der Waals surface area contributed by atoms with Gasteiger partial charge in [-0.05, 0) is 103 Å². The number of thiophene rings is 2. The van der Waals surface area contributed by atoms with E-state index in [1.807, 2.05) is 157 Å². The molecule has 0 N–H and O–H groups in total. The van der Waals surface area contributed by atoms with Gasteiger partial charge in [0.2, 0.25) is 35.3 Å². The van der Waals surface area contributed by atoms with E-state index in [-0.39, 0.29) is 20.1 Å². The number of para-hydroxylation sites is 9. The molecule has 0 amide bonds. The summed E-state index contributed by atoms with van der Waals surface area (Å²) in [5.74, 6) is 4.62. The van der Waals surface area contributed by atoms with Crippen LogP contribution < -0.4 is 64.1 Å². The number of nitrogens with zero attached hydrogens (tertiary/aromatic N) is 7. The lowest BCUT2D eigenvalue weighted by atomic mass is 9.35. The third-order valence-corrected chi connectivity index (χ3v) is 25.8. The van der Waals surface area contributed by atoms with Gasteiger partial charge >= 0.3 is 0 Å². The Morgan fingerprint density at radius 3 is 1.04 bits per heavy atom. The first kappa shape index (κ1) is 65.6. The van der Waals surface area contributed by atoms with Crippen LogP contribution in [0.1, 0.15) is 0 Å². The van der Waals surface area contributed by atoms with Crippen LogP contribution in [-0.2, 0) is 0 Å². The van der Waals surface area contributed by atoms with E-state index in [1.165, 1.54) is 24.9 Å². The fourth-order valence-electron chi connectivity index (χ4n) is 18.5. The molecule has 24 aromatic rings. The molecule has 12 aromatic carbocycles. The maximum absolute atomic E-state index is 6.67. The second kappa shape index (κ2) is 25.8. The monoisotopic (exact) mass is 1540 g/mol. The van der Waals surface area contributed by atoms with E-state index in [4.69, 9.17) is 45.9 Å². The molecule has 546 valence electrons. The number of benzene rings is 12. The largest absolute Gasteiger partial charge is 0.456 e. The highest BCUT2D eigenvalue weighted by Gasteiger charge is 2.49. The van der Waals surface area contributed by atoms with Gasteiger partial charge in [-0.3, -0.25) is 24.7 Å². The van der Waals surface area contributed by atoms with E-state index in [0.717, 1.165) is 205 Å². The zero-order chi connectivity index (χ0) is 76.5. The van der Waals surface area contributed by atoms with E-state index in [1.54, 1.807) is 23.9 Å². The molecule has 19 heteroatoms. The van der Waals surface area contributed by atoms with Gasteiger partial charge in [0.15, 0.2) is 0 Å². The molecule has 0 unspecified atom stereocenters. The van der Waals surface area contributed by atoms with Crippen molar-refractivity contribution in [3.8, 4) is 0 Å². The van der Waals surface area contributed by atoms with Crippen molar-refractivity contribution in [2.24, 2.45) is 0 Å². The Kier molecular flexibility index (Phi) is 14.5. The molecule has 3 aliphatic rings. The number of pyridine rings is 2. The highest BCUT2D eigenvalue weighted by Crippen LogP contribution is 2.48. The van der Waals surface area contributed by atoms with Crippen LogP contribution in [0.15, 0.2) is 371 Å². The lowest BCUT2D eigenvalue weighted by molar-refractivity contribution is 0.584. The number of fused-ring (bicyclic) bond motifs is 27. The van der Waals surface area contributed by atoms with Gasteiger partial charge in [0.1, 0.15) is 51.0 Å². The van der Waals surface area contributed by atoms with Gasteiger partial charge in [-0.25, -0.2) is 9.97 Å². The Balaban J connectivity index is 0.0000000980. The first-order valence-electron chi connectivity index (χ1n) is 38.9. The highest BCUT2D eigenvalue weighted by molar-refractivity contribution is 7.28. The van der Waals surface area contributed by atoms with Crippen molar-refractivity contribution in [3.63, 3.8) is 0 Å². The predicted molar refractivity (Wildman–Crippen MR) is 480 cm³/mol. The van der Waals surface area contributed by atoms with Crippen LogP contribution in [0.25, 0.3) is 128 Å². The van der Waals surface area contributed by atoms with E-state index >= 15 is 0 Å². The lowest BCUT2D eigenvalue weighted by Crippen LogP contribution is -2.57. The van der Waals surface area contributed by atoms with E-state index in [0.29, 0.717) is 0 Å². The molecule has 117 heavy (non-hydrogen) atoms. The average molecular weight is 1540 g/mol. The van der Waals surface area contributed by atoms with Crippen LogP contribution in [0.3, 0.4) is 0 Å².